The Morgan fingerprint density at radius 2 is 2.00 bits per heavy atom. The number of hydrogen-bond donors (Lipinski definition) is 2. The molecule has 1 fully saturated rings. The van der Waals surface area contributed by atoms with Gasteiger partial charge in [0.05, 0.1) is 6.04 Å². The maximum Gasteiger partial charge on any atom is 0.134 e. The monoisotopic (exact) mass is 292 g/mol. The Balaban J connectivity index is 1.87. The van der Waals surface area contributed by atoms with E-state index in [1.807, 2.05) is 18.2 Å². The Hall–Kier alpha value is -1.03. The van der Waals surface area contributed by atoms with Crippen molar-refractivity contribution in [2.45, 2.75) is 38.6 Å². The zero-order valence-corrected chi connectivity index (χ0v) is 12.5. The second kappa shape index (κ2) is 5.76. The molecular formula is C16H21ClN2O. The first-order valence-corrected chi connectivity index (χ1v) is 7.70. The van der Waals surface area contributed by atoms with Gasteiger partial charge in [0.25, 0.3) is 0 Å². The number of halogens is 1. The highest BCUT2D eigenvalue weighted by Gasteiger charge is 2.28. The summed E-state index contributed by atoms with van der Waals surface area (Å²) in [6.07, 6.45) is 4.95. The van der Waals surface area contributed by atoms with Crippen molar-refractivity contribution in [2.75, 3.05) is 0 Å². The molecule has 1 unspecified atom stereocenters. The molecule has 1 aromatic carbocycles. The van der Waals surface area contributed by atoms with Crippen LogP contribution in [0.25, 0.3) is 11.0 Å². The number of rotatable bonds is 3. The first-order chi connectivity index (χ1) is 9.67. The molecule has 3 nitrogen and oxygen atoms in total. The van der Waals surface area contributed by atoms with Gasteiger partial charge in [0, 0.05) is 10.4 Å². The highest BCUT2D eigenvalue weighted by atomic mass is 35.5. The van der Waals surface area contributed by atoms with E-state index in [0.29, 0.717) is 5.92 Å². The second-order valence-corrected chi connectivity index (χ2v) is 6.43. The van der Waals surface area contributed by atoms with Crippen LogP contribution in [0.15, 0.2) is 28.7 Å². The lowest BCUT2D eigenvalue weighted by atomic mass is 9.79. The molecule has 0 spiro atoms. The fourth-order valence-electron chi connectivity index (χ4n) is 3.26. The first-order valence-electron chi connectivity index (χ1n) is 7.32. The van der Waals surface area contributed by atoms with E-state index in [2.05, 4.69) is 18.4 Å². The average Bonchev–Trinajstić information content (AvgIpc) is 2.84. The molecule has 2 aromatic rings. The Morgan fingerprint density at radius 3 is 2.70 bits per heavy atom. The summed E-state index contributed by atoms with van der Waals surface area (Å²) >= 11 is 6.02. The zero-order valence-electron chi connectivity index (χ0n) is 11.7. The van der Waals surface area contributed by atoms with Gasteiger partial charge in [-0.2, -0.15) is 0 Å². The molecule has 108 valence electrons. The lowest BCUT2D eigenvalue weighted by Crippen LogP contribution is -2.35. The van der Waals surface area contributed by atoms with Crippen LogP contribution in [0, 0.1) is 11.8 Å². The Labute approximate surface area is 124 Å². The second-order valence-electron chi connectivity index (χ2n) is 6.00. The Bertz CT molecular complexity index is 587. The third-order valence-electron chi connectivity index (χ3n) is 4.52. The van der Waals surface area contributed by atoms with Crippen molar-refractivity contribution in [3.05, 3.63) is 35.0 Å². The van der Waals surface area contributed by atoms with Crippen molar-refractivity contribution in [2.24, 2.45) is 17.7 Å². The van der Waals surface area contributed by atoms with Crippen LogP contribution in [-0.2, 0) is 0 Å². The SMILES string of the molecule is CC1CCC(C(NN)c2cc3cc(Cl)ccc3o2)CC1. The maximum absolute atomic E-state index is 6.02. The van der Waals surface area contributed by atoms with Crippen LogP contribution in [0.3, 0.4) is 0 Å². The molecule has 0 radical (unpaired) electrons. The van der Waals surface area contributed by atoms with Crippen molar-refractivity contribution in [1.29, 1.82) is 0 Å². The van der Waals surface area contributed by atoms with Crippen LogP contribution < -0.4 is 11.3 Å². The lowest BCUT2D eigenvalue weighted by molar-refractivity contribution is 0.215. The van der Waals surface area contributed by atoms with Crippen LogP contribution in [0.2, 0.25) is 5.02 Å². The summed E-state index contributed by atoms with van der Waals surface area (Å²) < 4.78 is 5.95. The van der Waals surface area contributed by atoms with E-state index in [0.717, 1.165) is 27.7 Å². The van der Waals surface area contributed by atoms with Gasteiger partial charge in [-0.25, -0.2) is 5.43 Å². The largest absolute Gasteiger partial charge is 0.459 e. The third kappa shape index (κ3) is 2.71. The smallest absolute Gasteiger partial charge is 0.134 e. The van der Waals surface area contributed by atoms with E-state index in [9.17, 15) is 0 Å². The average molecular weight is 293 g/mol. The maximum atomic E-state index is 6.02. The molecule has 0 bridgehead atoms. The van der Waals surface area contributed by atoms with Crippen LogP contribution in [0.4, 0.5) is 0 Å². The number of benzene rings is 1. The normalized spacial score (nSPS) is 24.9. The molecule has 1 atom stereocenters. The van der Waals surface area contributed by atoms with Gasteiger partial charge in [-0.15, -0.1) is 0 Å². The summed E-state index contributed by atoms with van der Waals surface area (Å²) in [5.74, 6) is 8.09. The van der Waals surface area contributed by atoms with Crippen molar-refractivity contribution in [1.82, 2.24) is 5.43 Å². The Morgan fingerprint density at radius 1 is 1.25 bits per heavy atom. The minimum absolute atomic E-state index is 0.0914. The molecular weight excluding hydrogens is 272 g/mol. The van der Waals surface area contributed by atoms with Gasteiger partial charge < -0.3 is 4.42 Å². The van der Waals surface area contributed by atoms with Gasteiger partial charge in [-0.1, -0.05) is 31.4 Å². The molecule has 3 N–H and O–H groups in total. The number of fused-ring (bicyclic) bond motifs is 1. The van der Waals surface area contributed by atoms with Gasteiger partial charge in [0.2, 0.25) is 0 Å². The topological polar surface area (TPSA) is 51.2 Å². The third-order valence-corrected chi connectivity index (χ3v) is 4.75. The minimum Gasteiger partial charge on any atom is -0.459 e. The van der Waals surface area contributed by atoms with Crippen LogP contribution >= 0.6 is 11.6 Å². The lowest BCUT2D eigenvalue weighted by Gasteiger charge is -2.31. The molecule has 1 aromatic heterocycles. The molecule has 4 heteroatoms. The number of nitrogens with one attached hydrogen (secondary N) is 1. The predicted octanol–water partition coefficient (Wildman–Crippen LogP) is 4.42. The minimum atomic E-state index is 0.0914. The van der Waals surface area contributed by atoms with Gasteiger partial charge >= 0.3 is 0 Å². The van der Waals surface area contributed by atoms with E-state index in [1.165, 1.54) is 25.7 Å². The fraction of sp³-hybridized carbons (Fsp3) is 0.500. The van der Waals surface area contributed by atoms with Crippen molar-refractivity contribution in [3.63, 3.8) is 0 Å². The van der Waals surface area contributed by atoms with Crippen LogP contribution in [-0.4, -0.2) is 0 Å². The predicted molar refractivity (Wildman–Crippen MR) is 82.4 cm³/mol. The highest BCUT2D eigenvalue weighted by Crippen LogP contribution is 2.38. The van der Waals surface area contributed by atoms with Crippen molar-refractivity contribution in [3.8, 4) is 0 Å². The summed E-state index contributed by atoms with van der Waals surface area (Å²) in [4.78, 5) is 0. The highest BCUT2D eigenvalue weighted by molar-refractivity contribution is 6.31. The number of furan rings is 1. The first kappa shape index (κ1) is 13.9. The van der Waals surface area contributed by atoms with E-state index in [1.54, 1.807) is 0 Å². The summed E-state index contributed by atoms with van der Waals surface area (Å²) in [7, 11) is 0. The van der Waals surface area contributed by atoms with Crippen molar-refractivity contribution >= 4 is 22.6 Å². The number of nitrogens with two attached hydrogens (primary N) is 1. The number of hydrogen-bond acceptors (Lipinski definition) is 3. The summed E-state index contributed by atoms with van der Waals surface area (Å²) in [5, 5.41) is 1.77. The van der Waals surface area contributed by atoms with E-state index < -0.39 is 0 Å². The van der Waals surface area contributed by atoms with Crippen molar-refractivity contribution < 1.29 is 4.42 Å². The zero-order chi connectivity index (χ0) is 14.1. The molecule has 0 amide bonds. The summed E-state index contributed by atoms with van der Waals surface area (Å²) in [6.45, 7) is 2.32. The molecule has 0 aliphatic heterocycles. The van der Waals surface area contributed by atoms with E-state index in [-0.39, 0.29) is 6.04 Å². The van der Waals surface area contributed by atoms with Gasteiger partial charge in [-0.3, -0.25) is 5.84 Å². The molecule has 1 heterocycles. The standard InChI is InChI=1S/C16H21ClN2O/c1-10-2-4-11(5-3-10)16(19-18)15-9-12-8-13(17)6-7-14(12)20-15/h6-11,16,19H,2-5,18H2,1H3. The molecule has 1 aliphatic carbocycles. The fourth-order valence-corrected chi connectivity index (χ4v) is 3.44. The van der Waals surface area contributed by atoms with Gasteiger partial charge in [0.1, 0.15) is 11.3 Å². The molecule has 3 rings (SSSR count). The molecule has 0 saturated heterocycles. The number of hydrazine groups is 1. The summed E-state index contributed by atoms with van der Waals surface area (Å²) in [5.41, 5.74) is 3.82. The van der Waals surface area contributed by atoms with E-state index in [4.69, 9.17) is 21.9 Å². The molecule has 1 saturated carbocycles. The Kier molecular flexibility index (Phi) is 4.01. The quantitative estimate of drug-likeness (QED) is 0.650. The van der Waals surface area contributed by atoms with Gasteiger partial charge in [-0.05, 0) is 48.9 Å². The molecule has 20 heavy (non-hydrogen) atoms. The van der Waals surface area contributed by atoms with E-state index >= 15 is 0 Å². The summed E-state index contributed by atoms with van der Waals surface area (Å²) in [6, 6.07) is 7.85. The van der Waals surface area contributed by atoms with Gasteiger partial charge in [0.15, 0.2) is 0 Å². The van der Waals surface area contributed by atoms with Crippen LogP contribution in [0.5, 0.6) is 0 Å². The molecule has 1 aliphatic rings. The van der Waals surface area contributed by atoms with Crippen LogP contribution in [0.1, 0.15) is 44.4 Å².